The van der Waals surface area contributed by atoms with E-state index in [0.29, 0.717) is 5.02 Å². The number of nitrogens with zero attached hydrogens (tertiary/aromatic N) is 1. The summed E-state index contributed by atoms with van der Waals surface area (Å²) in [6, 6.07) is 16.8. The molecule has 0 spiro atoms. The van der Waals surface area contributed by atoms with Crippen LogP contribution in [0, 0.1) is 0 Å². The first-order valence-corrected chi connectivity index (χ1v) is 7.76. The van der Waals surface area contributed by atoms with Crippen molar-refractivity contribution in [3.8, 4) is 0 Å². The molecule has 0 unspecified atom stereocenters. The predicted octanol–water partition coefficient (Wildman–Crippen LogP) is 3.14. The summed E-state index contributed by atoms with van der Waals surface area (Å²) in [5.41, 5.74) is 1.70. The molecule has 3 aromatic rings. The normalized spacial score (nSPS) is 12.3. The minimum Gasteiger partial charge on any atom is -0.387 e. The average Bonchev–Trinajstić information content (AvgIpc) is 2.98. The molecule has 1 aromatic heterocycles. The van der Waals surface area contributed by atoms with Crippen molar-refractivity contribution in [2.75, 3.05) is 6.54 Å². The van der Waals surface area contributed by atoms with Crippen LogP contribution in [0.25, 0.3) is 10.9 Å². The van der Waals surface area contributed by atoms with Crippen LogP contribution in [-0.4, -0.2) is 22.1 Å². The number of aromatic nitrogens is 1. The fourth-order valence-corrected chi connectivity index (χ4v) is 2.77. The molecule has 0 fully saturated rings. The second-order valence-corrected chi connectivity index (χ2v) is 5.75. The number of fused-ring (bicyclic) bond motifs is 1. The van der Waals surface area contributed by atoms with Crippen LogP contribution < -0.4 is 5.32 Å². The highest BCUT2D eigenvalue weighted by Gasteiger charge is 2.11. The van der Waals surface area contributed by atoms with Crippen molar-refractivity contribution >= 4 is 28.4 Å². The van der Waals surface area contributed by atoms with Gasteiger partial charge < -0.3 is 15.0 Å². The van der Waals surface area contributed by atoms with Gasteiger partial charge in [-0.1, -0.05) is 48.0 Å². The van der Waals surface area contributed by atoms with Crippen molar-refractivity contribution in [3.63, 3.8) is 0 Å². The van der Waals surface area contributed by atoms with Crippen molar-refractivity contribution in [2.24, 2.45) is 0 Å². The van der Waals surface area contributed by atoms with Gasteiger partial charge in [0.05, 0.1) is 6.10 Å². The smallest absolute Gasteiger partial charge is 0.240 e. The summed E-state index contributed by atoms with van der Waals surface area (Å²) in [5.74, 6) is -0.155. The first-order valence-electron chi connectivity index (χ1n) is 7.38. The van der Waals surface area contributed by atoms with Crippen LogP contribution in [0.15, 0.2) is 60.8 Å². The maximum atomic E-state index is 12.1. The Morgan fingerprint density at radius 2 is 1.91 bits per heavy atom. The highest BCUT2D eigenvalue weighted by atomic mass is 35.5. The van der Waals surface area contributed by atoms with Crippen molar-refractivity contribution in [1.29, 1.82) is 0 Å². The molecule has 1 atom stereocenters. The number of rotatable bonds is 5. The molecular weight excluding hydrogens is 312 g/mol. The number of benzene rings is 2. The largest absolute Gasteiger partial charge is 0.387 e. The lowest BCUT2D eigenvalue weighted by atomic mass is 10.1. The third kappa shape index (κ3) is 3.55. The second kappa shape index (κ2) is 6.86. The van der Waals surface area contributed by atoms with Crippen molar-refractivity contribution < 1.29 is 9.90 Å². The molecule has 0 aliphatic rings. The molecule has 1 amide bonds. The molecule has 5 heteroatoms. The molecule has 0 aliphatic heterocycles. The fourth-order valence-electron chi connectivity index (χ4n) is 2.54. The van der Waals surface area contributed by atoms with Crippen molar-refractivity contribution in [3.05, 3.63) is 71.4 Å². The molecule has 0 saturated carbocycles. The maximum Gasteiger partial charge on any atom is 0.240 e. The Morgan fingerprint density at radius 1 is 1.13 bits per heavy atom. The van der Waals surface area contributed by atoms with E-state index in [-0.39, 0.29) is 19.0 Å². The second-order valence-electron chi connectivity index (χ2n) is 5.35. The van der Waals surface area contributed by atoms with Crippen LogP contribution in [0.1, 0.15) is 11.7 Å². The van der Waals surface area contributed by atoms with Crippen molar-refractivity contribution in [1.82, 2.24) is 9.88 Å². The molecule has 2 N–H and O–H groups in total. The van der Waals surface area contributed by atoms with Crippen LogP contribution in [-0.2, 0) is 11.3 Å². The van der Waals surface area contributed by atoms with Gasteiger partial charge in [0.25, 0.3) is 0 Å². The third-order valence-corrected chi connectivity index (χ3v) is 4.08. The van der Waals surface area contributed by atoms with Gasteiger partial charge in [-0.25, -0.2) is 0 Å². The fraction of sp³-hybridized carbons (Fsp3) is 0.167. The molecular formula is C18H17ClN2O2. The lowest BCUT2D eigenvalue weighted by Gasteiger charge is -2.13. The van der Waals surface area contributed by atoms with Gasteiger partial charge >= 0.3 is 0 Å². The Labute approximate surface area is 139 Å². The van der Waals surface area contributed by atoms with Gasteiger partial charge in [-0.3, -0.25) is 4.79 Å². The summed E-state index contributed by atoms with van der Waals surface area (Å²) in [6.45, 7) is 0.369. The zero-order chi connectivity index (χ0) is 16.2. The Bertz CT molecular complexity index is 814. The van der Waals surface area contributed by atoms with Crippen LogP contribution in [0.2, 0.25) is 5.02 Å². The lowest BCUT2D eigenvalue weighted by Crippen LogP contribution is -2.31. The van der Waals surface area contributed by atoms with Crippen LogP contribution >= 0.6 is 11.6 Å². The summed E-state index contributed by atoms with van der Waals surface area (Å²) in [4.78, 5) is 12.1. The van der Waals surface area contributed by atoms with E-state index in [1.165, 1.54) is 0 Å². The summed E-state index contributed by atoms with van der Waals surface area (Å²) in [7, 11) is 0. The summed E-state index contributed by atoms with van der Waals surface area (Å²) >= 11 is 6.13. The van der Waals surface area contributed by atoms with Gasteiger partial charge in [0, 0.05) is 28.7 Å². The molecule has 23 heavy (non-hydrogen) atoms. The minimum absolute atomic E-state index is 0.155. The number of carbonyl (C=O) groups excluding carboxylic acids is 1. The summed E-state index contributed by atoms with van der Waals surface area (Å²) in [6.07, 6.45) is 1.13. The highest BCUT2D eigenvalue weighted by Crippen LogP contribution is 2.24. The van der Waals surface area contributed by atoms with Gasteiger partial charge in [0.15, 0.2) is 0 Å². The summed E-state index contributed by atoms with van der Waals surface area (Å²) < 4.78 is 1.84. The molecule has 0 saturated heterocycles. The van der Waals surface area contributed by atoms with Gasteiger partial charge in [0.1, 0.15) is 6.54 Å². The average molecular weight is 329 g/mol. The van der Waals surface area contributed by atoms with Gasteiger partial charge in [-0.15, -0.1) is 0 Å². The molecule has 1 heterocycles. The Morgan fingerprint density at radius 3 is 2.70 bits per heavy atom. The first kappa shape index (κ1) is 15.6. The molecule has 4 nitrogen and oxygen atoms in total. The van der Waals surface area contributed by atoms with E-state index >= 15 is 0 Å². The van der Waals surface area contributed by atoms with Gasteiger partial charge in [-0.2, -0.15) is 0 Å². The zero-order valence-electron chi connectivity index (χ0n) is 12.4. The van der Waals surface area contributed by atoms with E-state index in [9.17, 15) is 9.90 Å². The molecule has 0 aliphatic carbocycles. The van der Waals surface area contributed by atoms with E-state index in [4.69, 9.17) is 11.6 Å². The van der Waals surface area contributed by atoms with E-state index in [2.05, 4.69) is 5.32 Å². The Hall–Kier alpha value is -2.30. The molecule has 0 bridgehead atoms. The quantitative estimate of drug-likeness (QED) is 0.756. The minimum atomic E-state index is -0.712. The van der Waals surface area contributed by atoms with E-state index < -0.39 is 6.10 Å². The topological polar surface area (TPSA) is 54.3 Å². The number of hydrogen-bond acceptors (Lipinski definition) is 2. The van der Waals surface area contributed by atoms with Crippen LogP contribution in [0.3, 0.4) is 0 Å². The number of hydrogen-bond donors (Lipinski definition) is 2. The standard InChI is InChI=1S/C18H17ClN2O2/c19-15-7-4-8-16-14(15)9-10-21(16)12-18(23)20-11-17(22)13-5-2-1-3-6-13/h1-10,17,22H,11-12H2,(H,20,23)/t17-/m0/s1. The number of carbonyl (C=O) groups is 1. The predicted molar refractivity (Wildman–Crippen MR) is 91.4 cm³/mol. The third-order valence-electron chi connectivity index (χ3n) is 3.75. The molecule has 3 rings (SSSR count). The van der Waals surface area contributed by atoms with Crippen molar-refractivity contribution in [2.45, 2.75) is 12.6 Å². The monoisotopic (exact) mass is 328 g/mol. The first-order chi connectivity index (χ1) is 11.1. The van der Waals surface area contributed by atoms with Gasteiger partial charge in [0.2, 0.25) is 5.91 Å². The molecule has 2 aromatic carbocycles. The number of halogens is 1. The summed E-state index contributed by atoms with van der Waals surface area (Å²) in [5, 5.41) is 14.4. The number of nitrogens with one attached hydrogen (secondary N) is 1. The number of amides is 1. The molecule has 0 radical (unpaired) electrons. The van der Waals surface area contributed by atoms with Crippen LogP contribution in [0.5, 0.6) is 0 Å². The van der Waals surface area contributed by atoms with E-state index in [1.54, 1.807) is 0 Å². The Balaban J connectivity index is 1.62. The van der Waals surface area contributed by atoms with E-state index in [0.717, 1.165) is 16.5 Å². The van der Waals surface area contributed by atoms with E-state index in [1.807, 2.05) is 65.4 Å². The van der Waals surface area contributed by atoms with Gasteiger partial charge in [-0.05, 0) is 23.8 Å². The number of aliphatic hydroxyl groups is 1. The maximum absolute atomic E-state index is 12.1. The SMILES string of the molecule is O=C(Cn1ccc2c(Cl)cccc21)NC[C@H](O)c1ccccc1. The highest BCUT2D eigenvalue weighted by molar-refractivity contribution is 6.35. The van der Waals surface area contributed by atoms with Crippen LogP contribution in [0.4, 0.5) is 0 Å². The molecule has 118 valence electrons. The lowest BCUT2D eigenvalue weighted by molar-refractivity contribution is -0.122. The zero-order valence-corrected chi connectivity index (χ0v) is 13.2. The Kier molecular flexibility index (Phi) is 4.65. The number of aliphatic hydroxyl groups excluding tert-OH is 1.